The van der Waals surface area contributed by atoms with Crippen LogP contribution in [0.2, 0.25) is 0 Å². The highest BCUT2D eigenvalue weighted by Crippen LogP contribution is 2.10. The van der Waals surface area contributed by atoms with Crippen LogP contribution in [-0.4, -0.2) is 25.7 Å². The fourth-order valence-corrected chi connectivity index (χ4v) is 1.97. The Morgan fingerprint density at radius 1 is 1.05 bits per heavy atom. The molecule has 0 aromatic rings. The van der Waals surface area contributed by atoms with Gasteiger partial charge in [-0.3, -0.25) is 4.79 Å². The number of nitrogens with one attached hydrogen (secondary N) is 1. The fraction of sp³-hybridized carbons (Fsp3) is 0.938. The minimum Gasteiger partial charge on any atom is -0.372 e. The number of unbranched alkanes of at least 4 members (excludes halogenated alkanes) is 5. The standard InChI is InChI=1S/C16H33NO2/c1-4-13-19-14-16(18)17-12-10-8-6-5-7-9-11-15(2)3/h15H,4-14H2,1-3H3,(H,17,18). The number of hydrogen-bond acceptors (Lipinski definition) is 2. The van der Waals surface area contributed by atoms with Crippen LogP contribution in [0.3, 0.4) is 0 Å². The first-order valence-electron chi connectivity index (χ1n) is 8.01. The van der Waals surface area contributed by atoms with E-state index in [2.05, 4.69) is 19.2 Å². The molecule has 0 atom stereocenters. The topological polar surface area (TPSA) is 38.3 Å². The summed E-state index contributed by atoms with van der Waals surface area (Å²) in [7, 11) is 0. The van der Waals surface area contributed by atoms with E-state index >= 15 is 0 Å². The van der Waals surface area contributed by atoms with Crippen molar-refractivity contribution < 1.29 is 9.53 Å². The Balaban J connectivity index is 3.11. The number of carbonyl (C=O) groups is 1. The van der Waals surface area contributed by atoms with Crippen LogP contribution in [0.1, 0.15) is 72.1 Å². The maximum absolute atomic E-state index is 11.3. The second-order valence-corrected chi connectivity index (χ2v) is 5.71. The van der Waals surface area contributed by atoms with Crippen LogP contribution in [0, 0.1) is 5.92 Å². The van der Waals surface area contributed by atoms with Gasteiger partial charge in [-0.2, -0.15) is 0 Å². The van der Waals surface area contributed by atoms with Crippen molar-refractivity contribution in [3.63, 3.8) is 0 Å². The van der Waals surface area contributed by atoms with Gasteiger partial charge in [0, 0.05) is 13.2 Å². The molecule has 0 saturated heterocycles. The van der Waals surface area contributed by atoms with Gasteiger partial charge in [-0.05, 0) is 18.8 Å². The van der Waals surface area contributed by atoms with Gasteiger partial charge in [0.25, 0.3) is 0 Å². The van der Waals surface area contributed by atoms with E-state index in [1.165, 1.54) is 38.5 Å². The van der Waals surface area contributed by atoms with E-state index in [1.54, 1.807) is 0 Å². The lowest BCUT2D eigenvalue weighted by atomic mass is 10.0. The Bertz CT molecular complexity index is 205. The van der Waals surface area contributed by atoms with Crippen molar-refractivity contribution in [1.29, 1.82) is 0 Å². The average molecular weight is 271 g/mol. The highest BCUT2D eigenvalue weighted by molar-refractivity contribution is 5.77. The quantitative estimate of drug-likeness (QED) is 0.516. The summed E-state index contributed by atoms with van der Waals surface area (Å²) in [5.74, 6) is 0.857. The smallest absolute Gasteiger partial charge is 0.245 e. The number of hydrogen-bond donors (Lipinski definition) is 1. The van der Waals surface area contributed by atoms with Crippen molar-refractivity contribution in [1.82, 2.24) is 5.32 Å². The van der Waals surface area contributed by atoms with Gasteiger partial charge in [0.2, 0.25) is 5.91 Å². The molecule has 0 heterocycles. The van der Waals surface area contributed by atoms with Crippen LogP contribution in [0.4, 0.5) is 0 Å². The average Bonchev–Trinajstić information content (AvgIpc) is 2.36. The summed E-state index contributed by atoms with van der Waals surface area (Å²) in [4.78, 5) is 11.3. The van der Waals surface area contributed by atoms with Crippen LogP contribution in [0.5, 0.6) is 0 Å². The predicted octanol–water partition coefficient (Wildman–Crippen LogP) is 3.92. The lowest BCUT2D eigenvalue weighted by molar-refractivity contribution is -0.125. The molecule has 1 amide bonds. The highest BCUT2D eigenvalue weighted by atomic mass is 16.5. The minimum absolute atomic E-state index is 0.0189. The summed E-state index contributed by atoms with van der Waals surface area (Å²) in [6.45, 7) is 8.28. The second kappa shape index (κ2) is 13.9. The van der Waals surface area contributed by atoms with E-state index < -0.39 is 0 Å². The van der Waals surface area contributed by atoms with E-state index in [1.807, 2.05) is 6.92 Å². The molecule has 0 aliphatic heterocycles. The van der Waals surface area contributed by atoms with Crippen molar-refractivity contribution >= 4 is 5.91 Å². The zero-order valence-corrected chi connectivity index (χ0v) is 13.2. The molecule has 0 saturated carbocycles. The predicted molar refractivity (Wildman–Crippen MR) is 81.3 cm³/mol. The number of carbonyl (C=O) groups excluding carboxylic acids is 1. The third-order valence-corrected chi connectivity index (χ3v) is 3.11. The Kier molecular flexibility index (Phi) is 13.4. The van der Waals surface area contributed by atoms with Gasteiger partial charge < -0.3 is 10.1 Å². The Morgan fingerprint density at radius 2 is 1.68 bits per heavy atom. The minimum atomic E-state index is 0.0189. The molecular weight excluding hydrogens is 238 g/mol. The molecule has 0 aliphatic rings. The Labute approximate surface area is 119 Å². The number of ether oxygens (including phenoxy) is 1. The molecule has 0 spiro atoms. The van der Waals surface area contributed by atoms with Gasteiger partial charge in [0.1, 0.15) is 6.61 Å². The summed E-state index contributed by atoms with van der Waals surface area (Å²) < 4.78 is 5.17. The molecule has 0 aromatic carbocycles. The summed E-state index contributed by atoms with van der Waals surface area (Å²) in [6, 6.07) is 0. The second-order valence-electron chi connectivity index (χ2n) is 5.71. The molecule has 0 unspecified atom stereocenters. The third kappa shape index (κ3) is 15.4. The van der Waals surface area contributed by atoms with Gasteiger partial charge in [0.15, 0.2) is 0 Å². The van der Waals surface area contributed by atoms with Gasteiger partial charge in [-0.25, -0.2) is 0 Å². The molecule has 3 heteroatoms. The first-order chi connectivity index (χ1) is 9.16. The van der Waals surface area contributed by atoms with Gasteiger partial charge in [-0.15, -0.1) is 0 Å². The molecule has 0 aliphatic carbocycles. The van der Waals surface area contributed by atoms with E-state index in [-0.39, 0.29) is 12.5 Å². The summed E-state index contributed by atoms with van der Waals surface area (Å²) in [5, 5.41) is 2.89. The number of rotatable bonds is 13. The first kappa shape index (κ1) is 18.4. The highest BCUT2D eigenvalue weighted by Gasteiger charge is 1.99. The van der Waals surface area contributed by atoms with E-state index in [0.29, 0.717) is 6.61 Å². The van der Waals surface area contributed by atoms with Crippen LogP contribution in [0.15, 0.2) is 0 Å². The Hall–Kier alpha value is -0.570. The van der Waals surface area contributed by atoms with Crippen LogP contribution >= 0.6 is 0 Å². The van der Waals surface area contributed by atoms with Gasteiger partial charge >= 0.3 is 0 Å². The zero-order valence-electron chi connectivity index (χ0n) is 13.2. The first-order valence-corrected chi connectivity index (χ1v) is 8.01. The lowest BCUT2D eigenvalue weighted by Gasteiger charge is -2.06. The fourth-order valence-electron chi connectivity index (χ4n) is 1.97. The number of amides is 1. The maximum atomic E-state index is 11.3. The molecular formula is C16H33NO2. The van der Waals surface area contributed by atoms with Gasteiger partial charge in [-0.1, -0.05) is 59.3 Å². The molecule has 0 bridgehead atoms. The van der Waals surface area contributed by atoms with E-state index in [0.717, 1.165) is 25.3 Å². The third-order valence-electron chi connectivity index (χ3n) is 3.11. The SMILES string of the molecule is CCCOCC(=O)NCCCCCCCCC(C)C. The molecule has 0 rings (SSSR count). The monoisotopic (exact) mass is 271 g/mol. The van der Waals surface area contributed by atoms with Crippen molar-refractivity contribution in [3.8, 4) is 0 Å². The maximum Gasteiger partial charge on any atom is 0.245 e. The molecule has 0 aromatic heterocycles. The van der Waals surface area contributed by atoms with E-state index in [9.17, 15) is 4.79 Å². The normalized spacial score (nSPS) is 10.9. The Morgan fingerprint density at radius 3 is 2.32 bits per heavy atom. The zero-order chi connectivity index (χ0) is 14.3. The molecule has 19 heavy (non-hydrogen) atoms. The lowest BCUT2D eigenvalue weighted by Crippen LogP contribution is -2.28. The van der Waals surface area contributed by atoms with Crippen molar-refractivity contribution in [2.75, 3.05) is 19.8 Å². The van der Waals surface area contributed by atoms with Crippen LogP contribution in [-0.2, 0) is 9.53 Å². The summed E-state index contributed by atoms with van der Waals surface area (Å²) in [5.41, 5.74) is 0. The van der Waals surface area contributed by atoms with Crippen LogP contribution < -0.4 is 5.32 Å². The summed E-state index contributed by atoms with van der Waals surface area (Å²) >= 11 is 0. The van der Waals surface area contributed by atoms with E-state index in [4.69, 9.17) is 4.74 Å². The molecule has 0 radical (unpaired) electrons. The molecule has 0 fully saturated rings. The molecule has 1 N–H and O–H groups in total. The van der Waals surface area contributed by atoms with Crippen molar-refractivity contribution in [2.45, 2.75) is 72.1 Å². The van der Waals surface area contributed by atoms with Crippen molar-refractivity contribution in [3.05, 3.63) is 0 Å². The molecule has 114 valence electrons. The van der Waals surface area contributed by atoms with Crippen LogP contribution in [0.25, 0.3) is 0 Å². The molecule has 3 nitrogen and oxygen atoms in total. The largest absolute Gasteiger partial charge is 0.372 e. The van der Waals surface area contributed by atoms with Gasteiger partial charge in [0.05, 0.1) is 0 Å². The van der Waals surface area contributed by atoms with Crippen molar-refractivity contribution in [2.24, 2.45) is 5.92 Å². The summed E-state index contributed by atoms with van der Waals surface area (Å²) in [6.07, 6.45) is 9.97.